The van der Waals surface area contributed by atoms with Gasteiger partial charge in [0.2, 0.25) is 0 Å². The predicted molar refractivity (Wildman–Crippen MR) is 58.9 cm³/mol. The summed E-state index contributed by atoms with van der Waals surface area (Å²) in [5, 5.41) is 10.4. The number of aromatic nitrogens is 1. The minimum Gasteiger partial charge on any atom is -0.475 e. The first-order valence-corrected chi connectivity index (χ1v) is 6.06. The Balaban J connectivity index is 0.000000185. The van der Waals surface area contributed by atoms with Crippen LogP contribution in [0.15, 0.2) is 3.92 Å². The molecular formula is C8H8BrF3N2O2S. The van der Waals surface area contributed by atoms with E-state index in [1.807, 2.05) is 0 Å². The molecule has 0 amide bonds. The van der Waals surface area contributed by atoms with E-state index in [0.29, 0.717) is 0 Å². The molecule has 1 aliphatic heterocycles. The molecule has 2 heterocycles. The van der Waals surface area contributed by atoms with Crippen LogP contribution in [-0.4, -0.2) is 28.8 Å². The summed E-state index contributed by atoms with van der Waals surface area (Å²) in [7, 11) is 0. The number of aliphatic carboxylic acids is 1. The smallest absolute Gasteiger partial charge is 0.475 e. The molecule has 2 rings (SSSR count). The number of alkyl halides is 3. The molecule has 17 heavy (non-hydrogen) atoms. The summed E-state index contributed by atoms with van der Waals surface area (Å²) in [6.45, 7) is 2.07. The zero-order chi connectivity index (χ0) is 13.1. The van der Waals surface area contributed by atoms with Crippen LogP contribution in [0.2, 0.25) is 0 Å². The molecule has 0 aliphatic carbocycles. The van der Waals surface area contributed by atoms with E-state index >= 15 is 0 Å². The highest BCUT2D eigenvalue weighted by Gasteiger charge is 2.38. The Bertz CT molecular complexity index is 384. The molecule has 2 N–H and O–H groups in total. The van der Waals surface area contributed by atoms with Gasteiger partial charge in [0.1, 0.15) is 0 Å². The van der Waals surface area contributed by atoms with Crippen molar-refractivity contribution < 1.29 is 23.1 Å². The molecule has 0 saturated heterocycles. The van der Waals surface area contributed by atoms with E-state index in [9.17, 15) is 13.2 Å². The van der Waals surface area contributed by atoms with Crippen molar-refractivity contribution in [1.82, 2.24) is 10.3 Å². The summed E-state index contributed by atoms with van der Waals surface area (Å²) in [5.74, 6) is -2.76. The Morgan fingerprint density at radius 2 is 2.12 bits per heavy atom. The van der Waals surface area contributed by atoms with E-state index in [2.05, 4.69) is 26.2 Å². The molecule has 0 spiro atoms. The summed E-state index contributed by atoms with van der Waals surface area (Å²) in [6.07, 6.45) is -4.00. The van der Waals surface area contributed by atoms with Crippen molar-refractivity contribution in [2.24, 2.45) is 0 Å². The highest BCUT2D eigenvalue weighted by molar-refractivity contribution is 9.11. The van der Waals surface area contributed by atoms with Crippen molar-refractivity contribution in [2.45, 2.75) is 19.1 Å². The van der Waals surface area contributed by atoms with E-state index in [1.165, 1.54) is 10.6 Å². The van der Waals surface area contributed by atoms with Crippen LogP contribution in [-0.2, 0) is 17.8 Å². The van der Waals surface area contributed by atoms with Crippen molar-refractivity contribution in [1.29, 1.82) is 0 Å². The minimum absolute atomic E-state index is 0.999. The highest BCUT2D eigenvalue weighted by atomic mass is 79.9. The number of hydrogen-bond donors (Lipinski definition) is 2. The van der Waals surface area contributed by atoms with Crippen LogP contribution < -0.4 is 5.32 Å². The third-order valence-corrected chi connectivity index (χ3v) is 3.37. The number of carboxylic acid groups (broad SMARTS) is 1. The average Bonchev–Trinajstić information content (AvgIpc) is 2.57. The van der Waals surface area contributed by atoms with Crippen molar-refractivity contribution in [3.05, 3.63) is 14.5 Å². The number of thiazole rings is 1. The van der Waals surface area contributed by atoms with Crippen molar-refractivity contribution in [3.8, 4) is 0 Å². The molecule has 0 unspecified atom stereocenters. The second kappa shape index (κ2) is 5.78. The maximum Gasteiger partial charge on any atom is 0.490 e. The minimum atomic E-state index is -5.08. The molecule has 0 atom stereocenters. The van der Waals surface area contributed by atoms with Crippen LogP contribution in [0.3, 0.4) is 0 Å². The number of rotatable bonds is 0. The number of nitrogens with zero attached hydrogens (tertiary/aromatic N) is 1. The van der Waals surface area contributed by atoms with Crippen LogP contribution in [0, 0.1) is 0 Å². The summed E-state index contributed by atoms with van der Waals surface area (Å²) in [4.78, 5) is 14.6. The van der Waals surface area contributed by atoms with Gasteiger partial charge in [-0.3, -0.25) is 0 Å². The van der Waals surface area contributed by atoms with E-state index in [0.717, 1.165) is 23.4 Å². The molecule has 0 fully saturated rings. The van der Waals surface area contributed by atoms with Gasteiger partial charge in [-0.2, -0.15) is 13.2 Å². The summed E-state index contributed by atoms with van der Waals surface area (Å²) in [6, 6.07) is 0. The van der Waals surface area contributed by atoms with Gasteiger partial charge in [0, 0.05) is 24.4 Å². The van der Waals surface area contributed by atoms with Crippen LogP contribution in [0.1, 0.15) is 10.6 Å². The highest BCUT2D eigenvalue weighted by Crippen LogP contribution is 2.24. The van der Waals surface area contributed by atoms with E-state index in [-0.39, 0.29) is 0 Å². The second-order valence-corrected chi connectivity index (χ2v) is 5.43. The maximum absolute atomic E-state index is 10.6. The molecule has 4 nitrogen and oxygen atoms in total. The first-order valence-electron chi connectivity index (χ1n) is 4.45. The topological polar surface area (TPSA) is 62.2 Å². The van der Waals surface area contributed by atoms with Gasteiger partial charge in [-0.1, -0.05) is 0 Å². The van der Waals surface area contributed by atoms with E-state index in [1.54, 1.807) is 11.3 Å². The van der Waals surface area contributed by atoms with Gasteiger partial charge in [-0.15, -0.1) is 11.3 Å². The van der Waals surface area contributed by atoms with Gasteiger partial charge in [0.05, 0.1) is 5.69 Å². The second-order valence-electron chi connectivity index (χ2n) is 3.07. The van der Waals surface area contributed by atoms with Gasteiger partial charge in [0.25, 0.3) is 0 Å². The fourth-order valence-electron chi connectivity index (χ4n) is 1.09. The van der Waals surface area contributed by atoms with Crippen LogP contribution in [0.4, 0.5) is 13.2 Å². The van der Waals surface area contributed by atoms with Crippen LogP contribution in [0.5, 0.6) is 0 Å². The summed E-state index contributed by atoms with van der Waals surface area (Å²) >= 11 is 5.11. The normalized spacial score (nSPS) is 14.6. The Kier molecular flexibility index (Phi) is 4.90. The number of carboxylic acids is 1. The average molecular weight is 333 g/mol. The van der Waals surface area contributed by atoms with Crippen molar-refractivity contribution in [2.75, 3.05) is 6.54 Å². The number of hydrogen-bond acceptors (Lipinski definition) is 4. The zero-order valence-corrected chi connectivity index (χ0v) is 10.7. The molecule has 0 aromatic carbocycles. The van der Waals surface area contributed by atoms with E-state index < -0.39 is 12.1 Å². The molecular weight excluding hydrogens is 325 g/mol. The molecule has 1 aromatic heterocycles. The zero-order valence-electron chi connectivity index (χ0n) is 8.34. The molecule has 1 aromatic rings. The van der Waals surface area contributed by atoms with Crippen LogP contribution in [0.25, 0.3) is 0 Å². The van der Waals surface area contributed by atoms with Gasteiger partial charge in [0.15, 0.2) is 3.92 Å². The van der Waals surface area contributed by atoms with Gasteiger partial charge in [-0.25, -0.2) is 9.78 Å². The molecule has 96 valence electrons. The largest absolute Gasteiger partial charge is 0.490 e. The third kappa shape index (κ3) is 4.60. The Morgan fingerprint density at radius 3 is 2.59 bits per heavy atom. The monoisotopic (exact) mass is 332 g/mol. The van der Waals surface area contributed by atoms with Crippen molar-refractivity contribution >= 4 is 33.2 Å². The number of halogens is 4. The maximum atomic E-state index is 10.6. The van der Waals surface area contributed by atoms with Crippen LogP contribution >= 0.6 is 27.3 Å². The fraction of sp³-hybridized carbons (Fsp3) is 0.500. The lowest BCUT2D eigenvalue weighted by atomic mass is 10.2. The third-order valence-electron chi connectivity index (χ3n) is 1.82. The van der Waals surface area contributed by atoms with Gasteiger partial charge >= 0.3 is 12.1 Å². The first kappa shape index (κ1) is 14.4. The number of nitrogens with one attached hydrogen (secondary N) is 1. The molecule has 0 bridgehead atoms. The Hall–Kier alpha value is -0.670. The van der Waals surface area contributed by atoms with Gasteiger partial charge < -0.3 is 10.4 Å². The predicted octanol–water partition coefficient (Wildman–Crippen LogP) is 2.18. The number of fused-ring (bicyclic) bond motifs is 1. The lowest BCUT2D eigenvalue weighted by Gasteiger charge is -2.09. The SMILES string of the molecule is Brc1nc2c(s1)CNCC2.O=C(O)C(F)(F)F. The van der Waals surface area contributed by atoms with Gasteiger partial charge in [-0.05, 0) is 15.9 Å². The number of carbonyl (C=O) groups is 1. The molecule has 0 saturated carbocycles. The summed E-state index contributed by atoms with van der Waals surface area (Å²) in [5.41, 5.74) is 1.27. The first-order chi connectivity index (χ1) is 7.80. The summed E-state index contributed by atoms with van der Waals surface area (Å²) < 4.78 is 32.8. The molecule has 1 aliphatic rings. The lowest BCUT2D eigenvalue weighted by Crippen LogP contribution is -2.22. The Labute approximate surface area is 107 Å². The quantitative estimate of drug-likeness (QED) is 0.764. The molecule has 0 radical (unpaired) electrons. The van der Waals surface area contributed by atoms with E-state index in [4.69, 9.17) is 9.90 Å². The fourth-order valence-corrected chi connectivity index (χ4v) is 2.69. The molecule has 9 heteroatoms. The van der Waals surface area contributed by atoms with Crippen molar-refractivity contribution in [3.63, 3.8) is 0 Å². The lowest BCUT2D eigenvalue weighted by molar-refractivity contribution is -0.192. The Morgan fingerprint density at radius 1 is 1.53 bits per heavy atom. The standard InChI is InChI=1S/C6H7BrN2S.C2HF3O2/c7-6-9-4-1-2-8-3-5(4)10-6;3-2(4,5)1(6)7/h8H,1-3H2;(H,6,7).